The van der Waals surface area contributed by atoms with Crippen molar-refractivity contribution in [1.82, 2.24) is 19.3 Å². The van der Waals surface area contributed by atoms with Gasteiger partial charge in [0.25, 0.3) is 0 Å². The van der Waals surface area contributed by atoms with Crippen LogP contribution < -0.4 is 4.90 Å². The first kappa shape index (κ1) is 21.2. The Labute approximate surface area is 196 Å². The maximum Gasteiger partial charge on any atom is 0.211 e. The molecule has 7 nitrogen and oxygen atoms in total. The van der Waals surface area contributed by atoms with Gasteiger partial charge in [-0.2, -0.15) is 0 Å². The van der Waals surface area contributed by atoms with Crippen molar-refractivity contribution in [3.8, 4) is 0 Å². The van der Waals surface area contributed by atoms with E-state index in [2.05, 4.69) is 35.0 Å². The fourth-order valence-electron chi connectivity index (χ4n) is 5.73. The Kier molecular flexibility index (Phi) is 5.07. The summed E-state index contributed by atoms with van der Waals surface area (Å²) in [6, 6.07) is 2.68. The topological polar surface area (TPSA) is 79.3 Å². The van der Waals surface area contributed by atoms with E-state index in [0.717, 1.165) is 43.6 Å². The molecule has 4 heterocycles. The summed E-state index contributed by atoms with van der Waals surface area (Å²) < 4.78 is 25.5. The van der Waals surface area contributed by atoms with Crippen molar-refractivity contribution in [2.24, 2.45) is 0 Å². The van der Waals surface area contributed by atoms with E-state index in [0.29, 0.717) is 25.0 Å². The van der Waals surface area contributed by atoms with Gasteiger partial charge in [-0.25, -0.2) is 22.7 Å². The van der Waals surface area contributed by atoms with Crippen LogP contribution in [0.5, 0.6) is 0 Å². The highest BCUT2D eigenvalue weighted by molar-refractivity contribution is 7.88. The fraction of sp³-hybridized carbons (Fsp3) is 0.560. The van der Waals surface area contributed by atoms with Crippen molar-refractivity contribution >= 4 is 21.8 Å². The summed E-state index contributed by atoms with van der Waals surface area (Å²) in [5, 5.41) is 0. The lowest BCUT2D eigenvalue weighted by molar-refractivity contribution is 0.317. The predicted octanol–water partition coefficient (Wildman–Crippen LogP) is 3.41. The monoisotopic (exact) mass is 465 g/mol. The molecule has 33 heavy (non-hydrogen) atoms. The number of anilines is 1. The minimum absolute atomic E-state index is 0.278. The molecule has 0 amide bonds. The Morgan fingerprint density at radius 2 is 1.82 bits per heavy atom. The largest absolute Gasteiger partial charge is 0.363 e. The molecular formula is C25H31N5O2S. The van der Waals surface area contributed by atoms with Crippen LogP contribution in [0.2, 0.25) is 0 Å². The molecule has 1 saturated carbocycles. The highest BCUT2D eigenvalue weighted by atomic mass is 32.2. The van der Waals surface area contributed by atoms with Gasteiger partial charge in [-0.3, -0.25) is 4.98 Å². The Morgan fingerprint density at radius 1 is 1.03 bits per heavy atom. The molecule has 0 N–H and O–H groups in total. The maximum absolute atomic E-state index is 12.0. The van der Waals surface area contributed by atoms with Crippen molar-refractivity contribution in [2.45, 2.75) is 69.9 Å². The molecule has 2 aliphatic heterocycles. The number of nitrogens with zero attached hydrogens (tertiary/aromatic N) is 5. The van der Waals surface area contributed by atoms with E-state index in [1.807, 2.05) is 0 Å². The quantitative estimate of drug-likeness (QED) is 0.689. The average molecular weight is 466 g/mol. The normalized spacial score (nSPS) is 23.6. The number of piperidine rings is 1. The van der Waals surface area contributed by atoms with Gasteiger partial charge in [-0.05, 0) is 38.7 Å². The van der Waals surface area contributed by atoms with E-state index >= 15 is 0 Å². The highest BCUT2D eigenvalue weighted by Crippen LogP contribution is 2.44. The van der Waals surface area contributed by atoms with Crippen molar-refractivity contribution in [2.75, 3.05) is 24.2 Å². The van der Waals surface area contributed by atoms with Crippen LogP contribution in [-0.4, -0.2) is 53.1 Å². The summed E-state index contributed by atoms with van der Waals surface area (Å²) in [5.74, 6) is 0.904. The molecule has 2 aromatic heterocycles. The number of fused-ring (bicyclic) bond motifs is 2. The highest BCUT2D eigenvalue weighted by Gasteiger charge is 2.34. The smallest absolute Gasteiger partial charge is 0.211 e. The summed E-state index contributed by atoms with van der Waals surface area (Å²) in [6.07, 6.45) is 13.4. The third-order valence-corrected chi connectivity index (χ3v) is 9.07. The summed E-state index contributed by atoms with van der Waals surface area (Å²) in [5.41, 5.74) is 8.55. The van der Waals surface area contributed by atoms with Gasteiger partial charge in [0.1, 0.15) is 6.33 Å². The number of hydrogen-bond acceptors (Lipinski definition) is 6. The van der Waals surface area contributed by atoms with Crippen molar-refractivity contribution in [3.63, 3.8) is 0 Å². The van der Waals surface area contributed by atoms with Crippen LogP contribution in [0.15, 0.2) is 18.5 Å². The van der Waals surface area contributed by atoms with E-state index in [1.165, 1.54) is 47.3 Å². The van der Waals surface area contributed by atoms with Crippen LogP contribution in [0.25, 0.3) is 6.08 Å². The summed E-state index contributed by atoms with van der Waals surface area (Å²) in [4.78, 5) is 16.9. The third-order valence-electron chi connectivity index (χ3n) is 7.76. The van der Waals surface area contributed by atoms with Crippen molar-refractivity contribution < 1.29 is 8.42 Å². The molecule has 0 radical (unpaired) electrons. The molecule has 0 spiro atoms. The third kappa shape index (κ3) is 3.87. The Hall–Kier alpha value is -2.32. The van der Waals surface area contributed by atoms with Crippen LogP contribution in [0.1, 0.15) is 78.3 Å². The van der Waals surface area contributed by atoms with Gasteiger partial charge in [0.15, 0.2) is 0 Å². The fourth-order valence-corrected chi connectivity index (χ4v) is 6.60. The van der Waals surface area contributed by atoms with E-state index in [4.69, 9.17) is 9.97 Å². The number of allylic oxidation sites excluding steroid dienone is 1. The van der Waals surface area contributed by atoms with E-state index < -0.39 is 10.0 Å². The van der Waals surface area contributed by atoms with Gasteiger partial charge in [-0.1, -0.05) is 12.2 Å². The van der Waals surface area contributed by atoms with Crippen molar-refractivity contribution in [1.29, 1.82) is 0 Å². The summed E-state index contributed by atoms with van der Waals surface area (Å²) in [6.45, 7) is 4.22. The Morgan fingerprint density at radius 3 is 2.55 bits per heavy atom. The van der Waals surface area contributed by atoms with Gasteiger partial charge in [0.2, 0.25) is 10.0 Å². The molecule has 1 saturated heterocycles. The van der Waals surface area contributed by atoms with Crippen LogP contribution in [0.3, 0.4) is 0 Å². The predicted molar refractivity (Wildman–Crippen MR) is 129 cm³/mol. The number of hydrogen-bond donors (Lipinski definition) is 0. The summed E-state index contributed by atoms with van der Waals surface area (Å²) >= 11 is 0. The lowest BCUT2D eigenvalue weighted by atomic mass is 9.87. The Bertz CT molecular complexity index is 1230. The second-order valence-electron chi connectivity index (χ2n) is 10.1. The van der Waals surface area contributed by atoms with E-state index in [9.17, 15) is 8.42 Å². The molecule has 0 aromatic carbocycles. The van der Waals surface area contributed by atoms with E-state index in [1.54, 1.807) is 10.6 Å². The lowest BCUT2D eigenvalue weighted by Crippen LogP contribution is -2.41. The van der Waals surface area contributed by atoms with Gasteiger partial charge in [-0.15, -0.1) is 0 Å². The molecule has 174 valence electrons. The van der Waals surface area contributed by atoms with Crippen LogP contribution in [0, 0.1) is 0 Å². The second-order valence-corrected chi connectivity index (χ2v) is 12.1. The molecule has 2 aromatic rings. The number of sulfonamides is 1. The van der Waals surface area contributed by atoms with Crippen molar-refractivity contribution in [3.05, 3.63) is 52.4 Å². The first-order valence-electron chi connectivity index (χ1n) is 12.1. The van der Waals surface area contributed by atoms with Gasteiger partial charge < -0.3 is 4.90 Å². The zero-order valence-corrected chi connectivity index (χ0v) is 20.2. The maximum atomic E-state index is 12.0. The molecule has 1 atom stereocenters. The molecule has 8 heteroatoms. The molecule has 4 aliphatic rings. The van der Waals surface area contributed by atoms with Crippen LogP contribution in [0.4, 0.5) is 5.69 Å². The van der Waals surface area contributed by atoms with E-state index in [-0.39, 0.29) is 5.92 Å². The lowest BCUT2D eigenvalue weighted by Gasteiger charge is -2.39. The average Bonchev–Trinajstić information content (AvgIpc) is 3.54. The zero-order valence-electron chi connectivity index (χ0n) is 19.4. The molecule has 0 bridgehead atoms. The molecule has 2 aliphatic carbocycles. The first-order chi connectivity index (χ1) is 15.9. The standard InChI is InChI=1S/C25H31N5O2S/c1-16-12-23-20(25(27-15-26-23)18-8-10-29(11-9-18)33(2,31)32)14-30(16)24-13-22(17-6-7-17)28-21-5-3-4-19(21)24/h3-4,13,15-18H,5-12,14H2,1-2H3/t16-/m1/s1. The minimum Gasteiger partial charge on any atom is -0.363 e. The van der Waals surface area contributed by atoms with Gasteiger partial charge in [0, 0.05) is 72.9 Å². The van der Waals surface area contributed by atoms with Gasteiger partial charge >= 0.3 is 0 Å². The van der Waals surface area contributed by atoms with Crippen LogP contribution in [-0.2, 0) is 29.4 Å². The Balaban J connectivity index is 1.33. The number of pyridine rings is 1. The number of aromatic nitrogens is 3. The van der Waals surface area contributed by atoms with Crippen LogP contribution >= 0.6 is 0 Å². The second kappa shape index (κ2) is 7.87. The first-order valence-corrected chi connectivity index (χ1v) is 14.0. The number of rotatable bonds is 4. The van der Waals surface area contributed by atoms with Gasteiger partial charge in [0.05, 0.1) is 23.3 Å². The molecule has 0 unspecified atom stereocenters. The molecule has 6 rings (SSSR count). The summed E-state index contributed by atoms with van der Waals surface area (Å²) in [7, 11) is -3.13. The zero-order chi connectivity index (χ0) is 22.7. The SMILES string of the molecule is C[C@@H]1Cc2ncnc(C3CCN(S(C)(=O)=O)CC3)c2CN1c1cc(C2CC2)nc2c1C=CC2. The molecular weight excluding hydrogens is 434 g/mol. The molecule has 2 fully saturated rings. The minimum atomic E-state index is -3.13.